The van der Waals surface area contributed by atoms with Crippen molar-refractivity contribution in [2.45, 2.75) is 84.5 Å². The number of allylic oxidation sites excluding steroid dienone is 1. The number of aliphatic imine (C=N–C) groups is 1. The third-order valence-electron chi connectivity index (χ3n) is 10.3. The zero-order chi connectivity index (χ0) is 26.6. The fourth-order valence-corrected chi connectivity index (χ4v) is 8.91. The number of aryl methyl sites for hydroxylation is 1. The molecule has 6 atom stereocenters. The lowest BCUT2D eigenvalue weighted by Gasteiger charge is -2.65. The van der Waals surface area contributed by atoms with Crippen molar-refractivity contribution < 1.29 is 9.59 Å². The second kappa shape index (κ2) is 7.56. The number of nitriles is 2. The van der Waals surface area contributed by atoms with Gasteiger partial charge in [-0.1, -0.05) is 38.0 Å². The molecule has 2 saturated heterocycles. The summed E-state index contributed by atoms with van der Waals surface area (Å²) in [6.07, 6.45) is 5.09. The smallest absolute Gasteiger partial charge is 0.251 e. The van der Waals surface area contributed by atoms with Gasteiger partial charge in [-0.15, -0.1) is 0 Å². The van der Waals surface area contributed by atoms with Gasteiger partial charge in [-0.2, -0.15) is 10.5 Å². The van der Waals surface area contributed by atoms with Crippen molar-refractivity contribution >= 4 is 23.2 Å². The van der Waals surface area contributed by atoms with Crippen LogP contribution in [-0.4, -0.2) is 34.8 Å². The molecule has 1 aromatic carbocycles. The monoisotopic (exact) mass is 507 g/mol. The van der Waals surface area contributed by atoms with Gasteiger partial charge in [-0.25, -0.2) is 4.99 Å². The quantitative estimate of drug-likeness (QED) is 0.531. The lowest BCUT2D eigenvalue weighted by atomic mass is 9.40. The van der Waals surface area contributed by atoms with E-state index in [9.17, 15) is 20.1 Å². The number of Topliss-reactive ketones (excluding diaryl/α,β-unsaturated/α-hetero) is 1. The maximum Gasteiger partial charge on any atom is 0.251 e. The van der Waals surface area contributed by atoms with Crippen LogP contribution >= 0.6 is 0 Å². The van der Waals surface area contributed by atoms with E-state index in [4.69, 9.17) is 4.99 Å². The second-order valence-corrected chi connectivity index (χ2v) is 13.0. The number of amidine groups is 1. The molecule has 3 aliphatic heterocycles. The number of carbonyl (C=O) groups is 2. The van der Waals surface area contributed by atoms with Crippen LogP contribution in [0.15, 0.2) is 40.4 Å². The van der Waals surface area contributed by atoms with E-state index in [0.717, 1.165) is 42.5 Å². The predicted octanol–water partition coefficient (Wildman–Crippen LogP) is 5.03. The molecule has 7 rings (SSSR count). The number of hydrogen-bond acceptors (Lipinski definition) is 6. The summed E-state index contributed by atoms with van der Waals surface area (Å²) < 4.78 is 0. The number of benzene rings is 1. The molecule has 0 N–H and O–H groups in total. The first-order chi connectivity index (χ1) is 18.2. The number of hydrogen-bond donors (Lipinski definition) is 0. The SMILES string of the molecule is Cc1ccc(N2[C@@H]3CCC[C@H]2N2C(=O)[C@@]4(C#N)[C@@H]5CCC[C@H]4C4=C(CC(C)(C)CC4=O)[C@]5(C#N)C2=N3)cc1. The fraction of sp³-hybridized carbons (Fsp3) is 0.581. The topological polar surface area (TPSA) is 101 Å². The molecule has 3 fully saturated rings. The maximum absolute atomic E-state index is 14.8. The lowest BCUT2D eigenvalue weighted by Crippen LogP contribution is -2.77. The van der Waals surface area contributed by atoms with Gasteiger partial charge in [0.1, 0.15) is 29.0 Å². The summed E-state index contributed by atoms with van der Waals surface area (Å²) in [7, 11) is 0. The zero-order valence-electron chi connectivity index (χ0n) is 22.3. The van der Waals surface area contributed by atoms with Crippen molar-refractivity contribution in [1.82, 2.24) is 4.90 Å². The molecule has 1 saturated carbocycles. The molecule has 1 amide bonds. The van der Waals surface area contributed by atoms with Crippen molar-refractivity contribution in [3.8, 4) is 12.1 Å². The Balaban J connectivity index is 1.53. The Morgan fingerprint density at radius 2 is 1.71 bits per heavy atom. The highest BCUT2D eigenvalue weighted by Crippen LogP contribution is 2.69. The highest BCUT2D eigenvalue weighted by atomic mass is 16.2. The van der Waals surface area contributed by atoms with Crippen LogP contribution in [0.2, 0.25) is 0 Å². The van der Waals surface area contributed by atoms with E-state index in [-0.39, 0.29) is 29.4 Å². The molecule has 6 bridgehead atoms. The van der Waals surface area contributed by atoms with Gasteiger partial charge in [0.05, 0.1) is 12.1 Å². The first-order valence-corrected chi connectivity index (χ1v) is 14.1. The highest BCUT2D eigenvalue weighted by Gasteiger charge is 2.76. The van der Waals surface area contributed by atoms with E-state index >= 15 is 0 Å². The highest BCUT2D eigenvalue weighted by molar-refractivity contribution is 6.15. The van der Waals surface area contributed by atoms with Crippen LogP contribution in [0.25, 0.3) is 0 Å². The Hall–Kier alpha value is -3.45. The minimum Gasteiger partial charge on any atom is -0.328 e. The number of carbonyl (C=O) groups excluding carboxylic acids is 2. The molecule has 194 valence electrons. The third-order valence-corrected chi connectivity index (χ3v) is 10.3. The third kappa shape index (κ3) is 2.65. The molecule has 3 aliphatic carbocycles. The normalized spacial score (nSPS) is 38.5. The van der Waals surface area contributed by atoms with Crippen LogP contribution in [0.1, 0.15) is 70.8 Å². The number of anilines is 1. The molecule has 6 aliphatic rings. The van der Waals surface area contributed by atoms with Gasteiger partial charge in [0.25, 0.3) is 5.91 Å². The van der Waals surface area contributed by atoms with E-state index in [1.165, 1.54) is 0 Å². The molecule has 38 heavy (non-hydrogen) atoms. The minimum absolute atomic E-state index is 0.0139. The second-order valence-electron chi connectivity index (χ2n) is 13.0. The maximum atomic E-state index is 14.8. The first-order valence-electron chi connectivity index (χ1n) is 14.1. The summed E-state index contributed by atoms with van der Waals surface area (Å²) in [5, 5.41) is 22.1. The number of ketones is 1. The molecule has 0 unspecified atom stereocenters. The number of rotatable bonds is 1. The lowest BCUT2D eigenvalue weighted by molar-refractivity contribution is -0.154. The van der Waals surface area contributed by atoms with Crippen LogP contribution in [-0.2, 0) is 9.59 Å². The molecule has 1 aromatic rings. The van der Waals surface area contributed by atoms with Crippen molar-refractivity contribution in [2.24, 2.45) is 33.1 Å². The van der Waals surface area contributed by atoms with Crippen LogP contribution in [0.4, 0.5) is 5.69 Å². The summed E-state index contributed by atoms with van der Waals surface area (Å²) in [6, 6.07) is 13.5. The van der Waals surface area contributed by atoms with Crippen LogP contribution < -0.4 is 4.90 Å². The largest absolute Gasteiger partial charge is 0.328 e. The van der Waals surface area contributed by atoms with Crippen molar-refractivity contribution in [2.75, 3.05) is 4.90 Å². The van der Waals surface area contributed by atoms with E-state index in [0.29, 0.717) is 37.1 Å². The van der Waals surface area contributed by atoms with E-state index < -0.39 is 22.7 Å². The Morgan fingerprint density at radius 1 is 0.974 bits per heavy atom. The van der Waals surface area contributed by atoms with Gasteiger partial charge >= 0.3 is 0 Å². The zero-order valence-corrected chi connectivity index (χ0v) is 22.3. The molecule has 0 aromatic heterocycles. The van der Waals surface area contributed by atoms with Crippen LogP contribution in [0, 0.1) is 57.7 Å². The molecule has 0 radical (unpaired) electrons. The minimum atomic E-state index is -1.41. The predicted molar refractivity (Wildman–Crippen MR) is 141 cm³/mol. The van der Waals surface area contributed by atoms with Gasteiger partial charge in [0, 0.05) is 29.5 Å². The fourth-order valence-electron chi connectivity index (χ4n) is 8.91. The molecule has 0 spiro atoms. The molecule has 3 heterocycles. The Morgan fingerprint density at radius 3 is 2.42 bits per heavy atom. The summed E-state index contributed by atoms with van der Waals surface area (Å²) in [5.41, 5.74) is 0.717. The van der Waals surface area contributed by atoms with Crippen LogP contribution in [0.5, 0.6) is 0 Å². The van der Waals surface area contributed by atoms with Gasteiger partial charge in [-0.3, -0.25) is 14.5 Å². The average Bonchev–Trinajstić information content (AvgIpc) is 2.87. The summed E-state index contributed by atoms with van der Waals surface area (Å²) >= 11 is 0. The number of fused-ring (bicyclic) bond motifs is 7. The van der Waals surface area contributed by atoms with Gasteiger partial charge in [0.2, 0.25) is 0 Å². The first kappa shape index (κ1) is 23.7. The molecule has 7 heteroatoms. The van der Waals surface area contributed by atoms with Gasteiger partial charge in [-0.05, 0) is 68.6 Å². The number of amides is 1. The number of piperidine rings is 2. The van der Waals surface area contributed by atoms with Crippen molar-refractivity contribution in [3.63, 3.8) is 0 Å². The van der Waals surface area contributed by atoms with Gasteiger partial charge in [0.15, 0.2) is 5.78 Å². The van der Waals surface area contributed by atoms with Crippen molar-refractivity contribution in [1.29, 1.82) is 10.5 Å². The van der Waals surface area contributed by atoms with Crippen LogP contribution in [0.3, 0.4) is 0 Å². The standard InChI is InChI=1S/C31H33N5O2/c1-18-10-12-19(13-11-18)35-24-8-5-9-25(35)36-27(34-24)30(16-32)21-14-29(2,3)15-22(37)26(21)20-6-4-7-23(30)31(20,17-33)28(36)38/h10-13,20,23-25H,4-9,14-15H2,1-3H3/t20-,23+,24+,25+,30-,31+/m0/s1. The average molecular weight is 508 g/mol. The Kier molecular flexibility index (Phi) is 4.71. The Bertz CT molecular complexity index is 1430. The van der Waals surface area contributed by atoms with Gasteiger partial charge < -0.3 is 4.90 Å². The molecular formula is C31H33N5O2. The Labute approximate surface area is 223 Å². The summed E-state index contributed by atoms with van der Waals surface area (Å²) in [5.74, 6) is -0.642. The van der Waals surface area contributed by atoms with Crippen molar-refractivity contribution in [3.05, 3.63) is 41.0 Å². The number of nitrogens with zero attached hydrogens (tertiary/aromatic N) is 5. The van der Waals surface area contributed by atoms with E-state index in [1.807, 2.05) is 0 Å². The van der Waals surface area contributed by atoms with E-state index in [1.54, 1.807) is 4.90 Å². The molecule has 7 nitrogen and oxygen atoms in total. The summed E-state index contributed by atoms with van der Waals surface area (Å²) in [4.78, 5) is 37.8. The summed E-state index contributed by atoms with van der Waals surface area (Å²) in [6.45, 7) is 6.23. The molecular weight excluding hydrogens is 474 g/mol. The van der Waals surface area contributed by atoms with E-state index in [2.05, 4.69) is 62.1 Å².